The average Bonchev–Trinajstić information content (AvgIpc) is 2.89. The van der Waals surface area contributed by atoms with E-state index in [1.165, 1.54) is 28.0 Å². The van der Waals surface area contributed by atoms with Gasteiger partial charge in [0.1, 0.15) is 17.7 Å². The molecule has 3 amide bonds. The summed E-state index contributed by atoms with van der Waals surface area (Å²) in [5.41, 5.74) is 1.39. The number of benzene rings is 1. The van der Waals surface area contributed by atoms with Crippen LogP contribution in [-0.4, -0.2) is 41.5 Å². The molecule has 1 N–H and O–H groups in total. The minimum atomic E-state index is -0.649. The number of rotatable bonds is 4. The number of urea groups is 1. The van der Waals surface area contributed by atoms with E-state index in [1.54, 1.807) is 13.1 Å². The minimum absolute atomic E-state index is 0.152. The molecule has 0 aliphatic carbocycles. The molecule has 136 valence electrons. The fraction of sp³-hybridized carbons (Fsp3) is 0.278. The summed E-state index contributed by atoms with van der Waals surface area (Å²) in [5, 5.41) is 2.99. The zero-order valence-corrected chi connectivity index (χ0v) is 15.1. The predicted octanol–water partition coefficient (Wildman–Crippen LogP) is 2.74. The fourth-order valence-electron chi connectivity index (χ4n) is 2.79. The van der Waals surface area contributed by atoms with Crippen LogP contribution in [0.1, 0.15) is 11.3 Å². The quantitative estimate of drug-likeness (QED) is 0.892. The first-order chi connectivity index (χ1) is 12.4. The van der Waals surface area contributed by atoms with E-state index in [-0.39, 0.29) is 30.1 Å². The van der Waals surface area contributed by atoms with Gasteiger partial charge < -0.3 is 10.2 Å². The molecule has 8 heteroatoms. The third-order valence-electron chi connectivity index (χ3n) is 4.28. The van der Waals surface area contributed by atoms with Crippen molar-refractivity contribution in [2.75, 3.05) is 18.5 Å². The molecular formula is C18H18ClFN4O2. The molecule has 1 saturated heterocycles. The molecule has 3 rings (SSSR count). The molecule has 1 aromatic heterocycles. The molecule has 0 radical (unpaired) electrons. The number of anilines is 1. The van der Waals surface area contributed by atoms with Gasteiger partial charge in [0.15, 0.2) is 0 Å². The second-order valence-corrected chi connectivity index (χ2v) is 6.52. The topological polar surface area (TPSA) is 65.5 Å². The predicted molar refractivity (Wildman–Crippen MR) is 96.5 cm³/mol. The highest BCUT2D eigenvalue weighted by atomic mass is 35.5. The summed E-state index contributed by atoms with van der Waals surface area (Å²) in [4.78, 5) is 32.2. The number of pyridine rings is 1. The minimum Gasteiger partial charge on any atom is -0.350 e. The summed E-state index contributed by atoms with van der Waals surface area (Å²) in [6.07, 6.45) is 0. The van der Waals surface area contributed by atoms with Crippen LogP contribution in [0.2, 0.25) is 5.02 Å². The van der Waals surface area contributed by atoms with Gasteiger partial charge in [0.2, 0.25) is 5.91 Å². The molecule has 1 aromatic carbocycles. The van der Waals surface area contributed by atoms with E-state index < -0.39 is 11.9 Å². The van der Waals surface area contributed by atoms with Gasteiger partial charge in [0.05, 0.1) is 6.54 Å². The van der Waals surface area contributed by atoms with Crippen molar-refractivity contribution in [3.05, 3.63) is 58.5 Å². The van der Waals surface area contributed by atoms with E-state index in [0.717, 1.165) is 5.69 Å². The Hall–Kier alpha value is -2.67. The molecule has 1 fully saturated rings. The van der Waals surface area contributed by atoms with Gasteiger partial charge in [-0.15, -0.1) is 0 Å². The normalized spacial score (nSPS) is 16.9. The van der Waals surface area contributed by atoms with Crippen molar-refractivity contribution in [1.82, 2.24) is 15.2 Å². The molecule has 26 heavy (non-hydrogen) atoms. The summed E-state index contributed by atoms with van der Waals surface area (Å²) in [6, 6.07) is 8.44. The highest BCUT2D eigenvalue weighted by Crippen LogP contribution is 2.22. The van der Waals surface area contributed by atoms with Gasteiger partial charge in [0.25, 0.3) is 0 Å². The van der Waals surface area contributed by atoms with Crippen LogP contribution in [0.5, 0.6) is 0 Å². The van der Waals surface area contributed by atoms with Gasteiger partial charge in [-0.05, 0) is 36.8 Å². The van der Waals surface area contributed by atoms with E-state index in [1.807, 2.05) is 19.1 Å². The molecule has 1 aliphatic heterocycles. The summed E-state index contributed by atoms with van der Waals surface area (Å²) >= 11 is 5.97. The smallest absolute Gasteiger partial charge is 0.326 e. The fourth-order valence-corrected chi connectivity index (χ4v) is 3.03. The van der Waals surface area contributed by atoms with Crippen molar-refractivity contribution in [1.29, 1.82) is 0 Å². The first-order valence-corrected chi connectivity index (χ1v) is 8.44. The van der Waals surface area contributed by atoms with E-state index >= 15 is 0 Å². The number of aryl methyl sites for hydroxylation is 1. The maximum atomic E-state index is 13.1. The van der Waals surface area contributed by atoms with Crippen molar-refractivity contribution in [2.24, 2.45) is 0 Å². The van der Waals surface area contributed by atoms with Crippen LogP contribution in [0, 0.1) is 12.7 Å². The lowest BCUT2D eigenvalue weighted by Crippen LogP contribution is -2.43. The Morgan fingerprint density at radius 1 is 1.38 bits per heavy atom. The van der Waals surface area contributed by atoms with Gasteiger partial charge in [-0.1, -0.05) is 23.7 Å². The monoisotopic (exact) mass is 376 g/mol. The highest BCUT2D eigenvalue weighted by molar-refractivity contribution is 6.31. The standard InChI is InChI=1S/C18H18ClFN4O2/c1-11-4-3-5-16(22-11)24-10-15(23(2)18(24)26)17(25)21-9-12-6-7-13(20)8-14(12)19/h3-8,15H,9-10H2,1-2H3,(H,21,25)/t15-/m0/s1. The van der Waals surface area contributed by atoms with Crippen molar-refractivity contribution in [3.63, 3.8) is 0 Å². The molecule has 2 heterocycles. The Bertz CT molecular complexity index is 861. The van der Waals surface area contributed by atoms with Crippen LogP contribution in [0.15, 0.2) is 36.4 Å². The third-order valence-corrected chi connectivity index (χ3v) is 4.63. The van der Waals surface area contributed by atoms with Gasteiger partial charge in [-0.2, -0.15) is 0 Å². The SMILES string of the molecule is Cc1cccc(N2C[C@@H](C(=O)NCc3ccc(F)cc3Cl)N(C)C2=O)n1. The third kappa shape index (κ3) is 3.62. The summed E-state index contributed by atoms with van der Waals surface area (Å²) < 4.78 is 13.1. The number of carbonyl (C=O) groups is 2. The summed E-state index contributed by atoms with van der Waals surface area (Å²) in [6.45, 7) is 2.19. The van der Waals surface area contributed by atoms with Gasteiger partial charge in [0, 0.05) is 24.3 Å². The number of hydrogen-bond donors (Lipinski definition) is 1. The lowest BCUT2D eigenvalue weighted by atomic mass is 10.2. The number of nitrogens with zero attached hydrogens (tertiary/aromatic N) is 3. The molecule has 0 bridgehead atoms. The Kier molecular flexibility index (Phi) is 5.08. The molecular weight excluding hydrogens is 359 g/mol. The number of aromatic nitrogens is 1. The zero-order chi connectivity index (χ0) is 18.8. The number of hydrogen-bond acceptors (Lipinski definition) is 3. The Morgan fingerprint density at radius 3 is 2.85 bits per heavy atom. The van der Waals surface area contributed by atoms with Crippen LogP contribution in [0.3, 0.4) is 0 Å². The van der Waals surface area contributed by atoms with Crippen molar-refractivity contribution < 1.29 is 14.0 Å². The first-order valence-electron chi connectivity index (χ1n) is 8.06. The van der Waals surface area contributed by atoms with Crippen LogP contribution in [0.4, 0.5) is 15.0 Å². The van der Waals surface area contributed by atoms with Crippen LogP contribution >= 0.6 is 11.6 Å². The molecule has 0 spiro atoms. The van der Waals surface area contributed by atoms with Crippen molar-refractivity contribution in [2.45, 2.75) is 19.5 Å². The zero-order valence-electron chi connectivity index (χ0n) is 14.4. The second kappa shape index (κ2) is 7.29. The Labute approximate surface area is 155 Å². The molecule has 1 atom stereocenters. The lowest BCUT2D eigenvalue weighted by molar-refractivity contribution is -0.124. The lowest BCUT2D eigenvalue weighted by Gasteiger charge is -2.17. The summed E-state index contributed by atoms with van der Waals surface area (Å²) in [7, 11) is 1.58. The van der Waals surface area contributed by atoms with Crippen molar-refractivity contribution in [3.8, 4) is 0 Å². The van der Waals surface area contributed by atoms with Gasteiger partial charge in [-0.3, -0.25) is 9.69 Å². The molecule has 2 aromatic rings. The number of amides is 3. The van der Waals surface area contributed by atoms with E-state index in [4.69, 9.17) is 11.6 Å². The number of likely N-dealkylation sites (N-methyl/N-ethyl adjacent to an activating group) is 1. The van der Waals surface area contributed by atoms with Crippen LogP contribution < -0.4 is 10.2 Å². The Morgan fingerprint density at radius 2 is 2.15 bits per heavy atom. The largest absolute Gasteiger partial charge is 0.350 e. The molecule has 6 nitrogen and oxygen atoms in total. The van der Waals surface area contributed by atoms with E-state index in [0.29, 0.717) is 11.4 Å². The van der Waals surface area contributed by atoms with Gasteiger partial charge in [-0.25, -0.2) is 14.2 Å². The molecule has 0 unspecified atom stereocenters. The average molecular weight is 377 g/mol. The number of nitrogens with one attached hydrogen (secondary N) is 1. The van der Waals surface area contributed by atoms with Crippen molar-refractivity contribution >= 4 is 29.4 Å². The van der Waals surface area contributed by atoms with Gasteiger partial charge >= 0.3 is 6.03 Å². The van der Waals surface area contributed by atoms with E-state index in [9.17, 15) is 14.0 Å². The van der Waals surface area contributed by atoms with Crippen LogP contribution in [-0.2, 0) is 11.3 Å². The molecule has 0 saturated carbocycles. The summed E-state index contributed by atoms with van der Waals surface area (Å²) in [5.74, 6) is -0.234. The number of carbonyl (C=O) groups excluding carboxylic acids is 2. The molecule has 1 aliphatic rings. The number of halogens is 2. The second-order valence-electron chi connectivity index (χ2n) is 6.11. The van der Waals surface area contributed by atoms with E-state index in [2.05, 4.69) is 10.3 Å². The maximum absolute atomic E-state index is 13.1. The first kappa shape index (κ1) is 18.1. The van der Waals surface area contributed by atoms with Crippen LogP contribution in [0.25, 0.3) is 0 Å². The maximum Gasteiger partial charge on any atom is 0.326 e. The highest BCUT2D eigenvalue weighted by Gasteiger charge is 2.40. The Balaban J connectivity index is 1.69.